The molecule has 80 valence electrons. The summed E-state index contributed by atoms with van der Waals surface area (Å²) < 4.78 is 0.920. The number of carbonyl (C=O) groups is 1. The normalized spacial score (nSPS) is 17.4. The van der Waals surface area contributed by atoms with Gasteiger partial charge in [0, 0.05) is 16.2 Å². The smallest absolute Gasteiger partial charge is 0.236 e. The van der Waals surface area contributed by atoms with Crippen LogP contribution < -0.4 is 5.32 Å². The van der Waals surface area contributed by atoms with Gasteiger partial charge in [-0.05, 0) is 34.8 Å². The number of nitrogens with one attached hydrogen (secondary N) is 1. The molecular weight excluding hydrogens is 256 g/mol. The first-order chi connectivity index (χ1) is 7.14. The minimum atomic E-state index is -0.383. The zero-order valence-electron chi connectivity index (χ0n) is 8.80. The highest BCUT2D eigenvalue weighted by molar-refractivity contribution is 9.10. The van der Waals surface area contributed by atoms with E-state index in [9.17, 15) is 4.79 Å². The molecule has 0 bridgehead atoms. The maximum Gasteiger partial charge on any atom is 0.236 e. The molecule has 2 rings (SSSR count). The molecule has 0 aromatic carbocycles. The van der Waals surface area contributed by atoms with Gasteiger partial charge in [0.1, 0.15) is 5.82 Å². The van der Waals surface area contributed by atoms with Gasteiger partial charge in [0.15, 0.2) is 0 Å². The Hall–Kier alpha value is -0.900. The standard InChI is InChI=1S/C11H13BrN2O/c1-3-11(4-2)8-5-7(12)6-13-9(8)14-10(11)15/h5-6H,3-4H2,1-2H3,(H,13,14,15). The van der Waals surface area contributed by atoms with Crippen molar-refractivity contribution < 1.29 is 4.79 Å². The number of anilines is 1. The molecule has 0 radical (unpaired) electrons. The largest absolute Gasteiger partial charge is 0.310 e. The minimum Gasteiger partial charge on any atom is -0.310 e. The van der Waals surface area contributed by atoms with Crippen molar-refractivity contribution in [1.82, 2.24) is 4.98 Å². The number of carbonyl (C=O) groups excluding carboxylic acids is 1. The Morgan fingerprint density at radius 2 is 2.13 bits per heavy atom. The fraction of sp³-hybridized carbons (Fsp3) is 0.455. The van der Waals surface area contributed by atoms with E-state index in [2.05, 4.69) is 26.2 Å². The zero-order valence-corrected chi connectivity index (χ0v) is 10.4. The molecule has 0 aliphatic carbocycles. The van der Waals surface area contributed by atoms with Gasteiger partial charge < -0.3 is 5.32 Å². The summed E-state index contributed by atoms with van der Waals surface area (Å²) in [5.74, 6) is 0.792. The van der Waals surface area contributed by atoms with Crippen LogP contribution in [0.25, 0.3) is 0 Å². The van der Waals surface area contributed by atoms with Crippen LogP contribution in [0, 0.1) is 0 Å². The summed E-state index contributed by atoms with van der Waals surface area (Å²) in [5, 5.41) is 2.85. The number of hydrogen-bond acceptors (Lipinski definition) is 2. The average molecular weight is 269 g/mol. The third-order valence-electron chi connectivity index (χ3n) is 3.24. The second kappa shape index (κ2) is 3.59. The first-order valence-corrected chi connectivity index (χ1v) is 5.91. The van der Waals surface area contributed by atoms with Crippen molar-refractivity contribution in [2.45, 2.75) is 32.1 Å². The Morgan fingerprint density at radius 1 is 1.47 bits per heavy atom. The molecule has 1 N–H and O–H groups in total. The molecule has 1 amide bonds. The Morgan fingerprint density at radius 3 is 2.73 bits per heavy atom. The highest BCUT2D eigenvalue weighted by Crippen LogP contribution is 2.42. The Bertz CT molecular complexity index is 413. The molecule has 1 aromatic rings. The van der Waals surface area contributed by atoms with Crippen LogP contribution in [0.1, 0.15) is 32.3 Å². The fourth-order valence-electron chi connectivity index (χ4n) is 2.21. The van der Waals surface area contributed by atoms with E-state index < -0.39 is 0 Å². The molecule has 3 nitrogen and oxygen atoms in total. The van der Waals surface area contributed by atoms with Crippen molar-refractivity contribution in [3.63, 3.8) is 0 Å². The van der Waals surface area contributed by atoms with Gasteiger partial charge in [0.25, 0.3) is 0 Å². The van der Waals surface area contributed by atoms with Crippen LogP contribution >= 0.6 is 15.9 Å². The number of nitrogens with zero attached hydrogens (tertiary/aromatic N) is 1. The molecule has 0 saturated heterocycles. The van der Waals surface area contributed by atoms with Gasteiger partial charge in [-0.2, -0.15) is 0 Å². The van der Waals surface area contributed by atoms with Gasteiger partial charge in [-0.15, -0.1) is 0 Å². The number of hydrogen-bond donors (Lipinski definition) is 1. The van der Waals surface area contributed by atoms with Gasteiger partial charge >= 0.3 is 0 Å². The quantitative estimate of drug-likeness (QED) is 0.897. The molecule has 15 heavy (non-hydrogen) atoms. The summed E-state index contributed by atoms with van der Waals surface area (Å²) >= 11 is 3.39. The molecule has 1 aliphatic heterocycles. The number of fused-ring (bicyclic) bond motifs is 1. The van der Waals surface area contributed by atoms with Crippen LogP contribution in [-0.2, 0) is 10.2 Å². The molecular formula is C11H13BrN2O. The van der Waals surface area contributed by atoms with Crippen LogP contribution in [0.15, 0.2) is 16.7 Å². The molecule has 0 spiro atoms. The number of pyridine rings is 1. The highest BCUT2D eigenvalue weighted by Gasteiger charge is 2.44. The first-order valence-electron chi connectivity index (χ1n) is 5.11. The second-order valence-electron chi connectivity index (χ2n) is 3.79. The fourth-order valence-corrected chi connectivity index (χ4v) is 2.54. The lowest BCUT2D eigenvalue weighted by Gasteiger charge is -2.23. The summed E-state index contributed by atoms with van der Waals surface area (Å²) in [7, 11) is 0. The molecule has 0 atom stereocenters. The van der Waals surface area contributed by atoms with E-state index in [0.717, 1.165) is 22.9 Å². The number of amides is 1. The third-order valence-corrected chi connectivity index (χ3v) is 3.68. The second-order valence-corrected chi connectivity index (χ2v) is 4.71. The van der Waals surface area contributed by atoms with Crippen molar-refractivity contribution in [1.29, 1.82) is 0 Å². The van der Waals surface area contributed by atoms with Gasteiger partial charge in [0.05, 0.1) is 5.41 Å². The molecule has 4 heteroatoms. The molecule has 2 heterocycles. The van der Waals surface area contributed by atoms with Crippen LogP contribution in [0.5, 0.6) is 0 Å². The lowest BCUT2D eigenvalue weighted by molar-refractivity contribution is -0.121. The van der Waals surface area contributed by atoms with Gasteiger partial charge in [-0.25, -0.2) is 4.98 Å². The summed E-state index contributed by atoms with van der Waals surface area (Å²) in [6.45, 7) is 4.08. The summed E-state index contributed by atoms with van der Waals surface area (Å²) in [6.07, 6.45) is 3.32. The molecule has 0 unspecified atom stereocenters. The van der Waals surface area contributed by atoms with E-state index >= 15 is 0 Å². The highest BCUT2D eigenvalue weighted by atomic mass is 79.9. The molecule has 1 aliphatic rings. The number of aromatic nitrogens is 1. The first kappa shape index (κ1) is 10.6. The maximum atomic E-state index is 12.0. The lowest BCUT2D eigenvalue weighted by atomic mass is 9.77. The Labute approximate surface area is 97.4 Å². The molecule has 0 fully saturated rings. The summed E-state index contributed by atoms with van der Waals surface area (Å²) in [5.41, 5.74) is 0.637. The van der Waals surface area contributed by atoms with Crippen LogP contribution in [0.2, 0.25) is 0 Å². The van der Waals surface area contributed by atoms with Crippen LogP contribution in [-0.4, -0.2) is 10.9 Å². The van der Waals surface area contributed by atoms with Crippen molar-refractivity contribution in [3.05, 3.63) is 22.3 Å². The summed E-state index contributed by atoms with van der Waals surface area (Å²) in [4.78, 5) is 16.2. The maximum absolute atomic E-state index is 12.0. The van der Waals surface area contributed by atoms with Crippen molar-refractivity contribution in [2.75, 3.05) is 5.32 Å². The van der Waals surface area contributed by atoms with Gasteiger partial charge in [0.2, 0.25) is 5.91 Å². The number of rotatable bonds is 2. The van der Waals surface area contributed by atoms with Crippen molar-refractivity contribution in [3.8, 4) is 0 Å². The SMILES string of the molecule is CCC1(CC)C(=O)Nc2ncc(Br)cc21. The number of halogens is 1. The molecule has 0 saturated carbocycles. The minimum absolute atomic E-state index is 0.0769. The predicted octanol–water partition coefficient (Wildman–Crippen LogP) is 2.85. The zero-order chi connectivity index (χ0) is 11.1. The predicted molar refractivity (Wildman–Crippen MR) is 62.8 cm³/mol. The lowest BCUT2D eigenvalue weighted by Crippen LogP contribution is -2.32. The van der Waals surface area contributed by atoms with Crippen molar-refractivity contribution >= 4 is 27.7 Å². The van der Waals surface area contributed by atoms with E-state index in [1.54, 1.807) is 6.20 Å². The van der Waals surface area contributed by atoms with Gasteiger partial charge in [-0.3, -0.25) is 4.79 Å². The average Bonchev–Trinajstić information content (AvgIpc) is 2.50. The van der Waals surface area contributed by atoms with Crippen LogP contribution in [0.4, 0.5) is 5.82 Å². The monoisotopic (exact) mass is 268 g/mol. The van der Waals surface area contributed by atoms with E-state index in [1.807, 2.05) is 19.9 Å². The topological polar surface area (TPSA) is 42.0 Å². The van der Waals surface area contributed by atoms with E-state index in [1.165, 1.54) is 0 Å². The summed E-state index contributed by atoms with van der Waals surface area (Å²) in [6, 6.07) is 1.99. The van der Waals surface area contributed by atoms with E-state index in [4.69, 9.17) is 0 Å². The molecule has 1 aromatic heterocycles. The third kappa shape index (κ3) is 1.39. The van der Waals surface area contributed by atoms with Crippen molar-refractivity contribution in [2.24, 2.45) is 0 Å². The van der Waals surface area contributed by atoms with E-state index in [0.29, 0.717) is 5.82 Å². The van der Waals surface area contributed by atoms with Gasteiger partial charge in [-0.1, -0.05) is 13.8 Å². The Balaban J connectivity index is 2.61. The Kier molecular flexibility index (Phi) is 2.54. The van der Waals surface area contributed by atoms with Crippen LogP contribution in [0.3, 0.4) is 0 Å². The van der Waals surface area contributed by atoms with E-state index in [-0.39, 0.29) is 11.3 Å².